The zero-order chi connectivity index (χ0) is 20.4. The summed E-state index contributed by atoms with van der Waals surface area (Å²) in [4.78, 5) is 21.3. The molecule has 0 spiro atoms. The fraction of sp³-hybridized carbons (Fsp3) is 0.444. The molecule has 0 radical (unpaired) electrons. The molecule has 154 valence electrons. The molecule has 29 heavy (non-hydrogen) atoms. The molecule has 4 rings (SSSR count). The Bertz CT molecular complexity index is 975. The van der Waals surface area contributed by atoms with Crippen molar-refractivity contribution in [3.8, 4) is 5.82 Å². The van der Waals surface area contributed by atoms with Gasteiger partial charge in [0, 0.05) is 29.9 Å². The summed E-state index contributed by atoms with van der Waals surface area (Å²) in [5.41, 5.74) is 0.757. The van der Waals surface area contributed by atoms with Gasteiger partial charge in [-0.1, -0.05) is 0 Å². The lowest BCUT2D eigenvalue weighted by atomic mass is 9.91. The number of pyridine rings is 1. The fourth-order valence-electron chi connectivity index (χ4n) is 3.58. The maximum absolute atomic E-state index is 12.9. The van der Waals surface area contributed by atoms with Crippen LogP contribution in [0.15, 0.2) is 31.0 Å². The summed E-state index contributed by atoms with van der Waals surface area (Å²) in [7, 11) is 0. The van der Waals surface area contributed by atoms with Gasteiger partial charge in [-0.3, -0.25) is 14.5 Å². The van der Waals surface area contributed by atoms with Gasteiger partial charge in [0.2, 0.25) is 0 Å². The first-order valence-electron chi connectivity index (χ1n) is 9.32. The Labute approximate surface area is 163 Å². The Kier molecular flexibility index (Phi) is 5.22. The summed E-state index contributed by atoms with van der Waals surface area (Å²) < 4.78 is 38.7. The molecule has 0 bridgehead atoms. The van der Waals surface area contributed by atoms with Gasteiger partial charge in [0.25, 0.3) is 5.91 Å². The number of carbonyl (C=O) groups excluding carboxylic acids is 1. The van der Waals surface area contributed by atoms with Crippen LogP contribution in [0.5, 0.6) is 0 Å². The van der Waals surface area contributed by atoms with Crippen LogP contribution in [-0.4, -0.2) is 55.4 Å². The zero-order valence-corrected chi connectivity index (χ0v) is 15.4. The lowest BCUT2D eigenvalue weighted by Gasteiger charge is -2.30. The Morgan fingerprint density at radius 2 is 2.00 bits per heavy atom. The number of alkyl halides is 3. The monoisotopic (exact) mass is 407 g/mol. The highest BCUT2D eigenvalue weighted by Gasteiger charge is 2.30. The third-order valence-corrected chi connectivity index (χ3v) is 5.05. The molecule has 0 aliphatic heterocycles. The van der Waals surface area contributed by atoms with Crippen LogP contribution >= 0.6 is 0 Å². The van der Waals surface area contributed by atoms with Crippen LogP contribution in [0.4, 0.5) is 13.2 Å². The molecule has 3 N–H and O–H groups in total. The molecule has 1 aliphatic carbocycles. The van der Waals surface area contributed by atoms with E-state index in [1.807, 2.05) is 0 Å². The van der Waals surface area contributed by atoms with Crippen molar-refractivity contribution < 1.29 is 18.0 Å². The van der Waals surface area contributed by atoms with Gasteiger partial charge in [-0.15, -0.1) is 0 Å². The van der Waals surface area contributed by atoms with Gasteiger partial charge < -0.3 is 10.6 Å². The van der Waals surface area contributed by atoms with Gasteiger partial charge in [0.15, 0.2) is 5.69 Å². The van der Waals surface area contributed by atoms with Crippen molar-refractivity contribution in [3.05, 3.63) is 36.7 Å². The molecule has 0 aromatic carbocycles. The molecule has 0 unspecified atom stereocenters. The zero-order valence-electron chi connectivity index (χ0n) is 15.4. The lowest BCUT2D eigenvalue weighted by Crippen LogP contribution is -2.44. The van der Waals surface area contributed by atoms with Gasteiger partial charge in [0.1, 0.15) is 12.1 Å². The predicted octanol–water partition coefficient (Wildman–Crippen LogP) is 2.34. The van der Waals surface area contributed by atoms with Crippen molar-refractivity contribution in [1.82, 2.24) is 35.4 Å². The van der Waals surface area contributed by atoms with Crippen molar-refractivity contribution in [2.75, 3.05) is 6.54 Å². The van der Waals surface area contributed by atoms with Crippen LogP contribution in [-0.2, 0) is 0 Å². The first-order chi connectivity index (χ1) is 13.9. The first-order valence-corrected chi connectivity index (χ1v) is 9.32. The maximum atomic E-state index is 12.9. The normalized spacial score (nSPS) is 20.1. The van der Waals surface area contributed by atoms with E-state index in [2.05, 4.69) is 30.8 Å². The van der Waals surface area contributed by atoms with E-state index in [1.54, 1.807) is 35.6 Å². The van der Waals surface area contributed by atoms with Gasteiger partial charge >= 0.3 is 6.18 Å². The SMILES string of the molecule is O=C(N[C@H]1CC[C@@H](NCC(F)(F)F)CC1)c1nc(-n2ccnc2)cc2cn[nH]c12. The number of carbonyl (C=O) groups is 1. The quantitative estimate of drug-likeness (QED) is 0.603. The summed E-state index contributed by atoms with van der Waals surface area (Å²) in [6, 6.07) is 1.50. The molecule has 0 saturated heterocycles. The molecule has 1 aliphatic rings. The topological polar surface area (TPSA) is 101 Å². The molecule has 3 aromatic heterocycles. The fourth-order valence-corrected chi connectivity index (χ4v) is 3.58. The highest BCUT2D eigenvalue weighted by molar-refractivity contribution is 6.04. The summed E-state index contributed by atoms with van der Waals surface area (Å²) in [5, 5.41) is 13.0. The third-order valence-electron chi connectivity index (χ3n) is 5.05. The molecule has 11 heteroatoms. The summed E-state index contributed by atoms with van der Waals surface area (Å²) in [5.74, 6) is 0.203. The Morgan fingerprint density at radius 3 is 2.69 bits per heavy atom. The highest BCUT2D eigenvalue weighted by atomic mass is 19.4. The molecule has 0 atom stereocenters. The molecule has 8 nitrogen and oxygen atoms in total. The number of halogens is 3. The van der Waals surface area contributed by atoms with Gasteiger partial charge in [-0.05, 0) is 31.7 Å². The van der Waals surface area contributed by atoms with Crippen LogP contribution in [0.25, 0.3) is 16.7 Å². The number of hydrogen-bond acceptors (Lipinski definition) is 5. The van der Waals surface area contributed by atoms with E-state index in [1.165, 1.54) is 0 Å². The number of hydrogen-bond donors (Lipinski definition) is 3. The summed E-state index contributed by atoms with van der Waals surface area (Å²) >= 11 is 0. The van der Waals surface area contributed by atoms with Crippen LogP contribution in [0, 0.1) is 0 Å². The van der Waals surface area contributed by atoms with E-state index in [-0.39, 0.29) is 23.7 Å². The van der Waals surface area contributed by atoms with E-state index in [0.29, 0.717) is 37.0 Å². The first kappa shape index (κ1) is 19.4. The van der Waals surface area contributed by atoms with E-state index >= 15 is 0 Å². The molecule has 3 aromatic rings. The van der Waals surface area contributed by atoms with Crippen molar-refractivity contribution >= 4 is 16.8 Å². The average molecular weight is 407 g/mol. The summed E-state index contributed by atoms with van der Waals surface area (Å²) in [6.45, 7) is -0.989. The number of H-pyrrole nitrogens is 1. The Hall–Kier alpha value is -2.95. The number of aromatic nitrogens is 5. The maximum Gasteiger partial charge on any atom is 0.401 e. The van der Waals surface area contributed by atoms with Crippen molar-refractivity contribution in [3.63, 3.8) is 0 Å². The number of aromatic amines is 1. The lowest BCUT2D eigenvalue weighted by molar-refractivity contribution is -0.126. The van der Waals surface area contributed by atoms with E-state index in [9.17, 15) is 18.0 Å². The average Bonchev–Trinajstić information content (AvgIpc) is 3.37. The van der Waals surface area contributed by atoms with E-state index in [4.69, 9.17) is 0 Å². The largest absolute Gasteiger partial charge is 0.401 e. The van der Waals surface area contributed by atoms with Gasteiger partial charge in [0.05, 0.1) is 18.3 Å². The minimum absolute atomic E-state index is 0.108. The van der Waals surface area contributed by atoms with Gasteiger partial charge in [-0.25, -0.2) is 9.97 Å². The minimum Gasteiger partial charge on any atom is -0.348 e. The second-order valence-electron chi connectivity index (χ2n) is 7.15. The molecule has 1 fully saturated rings. The number of nitrogens with zero attached hydrogens (tertiary/aromatic N) is 4. The number of imidazole rings is 1. The van der Waals surface area contributed by atoms with E-state index in [0.717, 1.165) is 5.39 Å². The molecule has 3 heterocycles. The van der Waals surface area contributed by atoms with Crippen molar-refractivity contribution in [2.24, 2.45) is 0 Å². The predicted molar refractivity (Wildman–Crippen MR) is 98.6 cm³/mol. The molecule has 1 amide bonds. The van der Waals surface area contributed by atoms with Crippen LogP contribution in [0.1, 0.15) is 36.2 Å². The van der Waals surface area contributed by atoms with Crippen LogP contribution < -0.4 is 10.6 Å². The smallest absolute Gasteiger partial charge is 0.348 e. The molecule has 1 saturated carbocycles. The Morgan fingerprint density at radius 1 is 1.24 bits per heavy atom. The van der Waals surface area contributed by atoms with E-state index < -0.39 is 12.7 Å². The van der Waals surface area contributed by atoms with Crippen molar-refractivity contribution in [1.29, 1.82) is 0 Å². The number of nitrogens with one attached hydrogen (secondary N) is 3. The summed E-state index contributed by atoms with van der Waals surface area (Å²) in [6.07, 6.45) is 4.69. The minimum atomic E-state index is -4.22. The Balaban J connectivity index is 1.43. The molecular weight excluding hydrogens is 387 g/mol. The van der Waals surface area contributed by atoms with Crippen LogP contribution in [0.2, 0.25) is 0 Å². The van der Waals surface area contributed by atoms with Crippen LogP contribution in [0.3, 0.4) is 0 Å². The second kappa shape index (κ2) is 7.82. The third kappa shape index (κ3) is 4.56. The second-order valence-corrected chi connectivity index (χ2v) is 7.15. The standard InChI is InChI=1S/C18H20F3N7O/c19-18(20,21)9-23-12-1-3-13(4-2-12)25-17(29)16-15-11(8-24-27-15)7-14(26-16)28-6-5-22-10-28/h5-8,10,12-13,23H,1-4,9H2,(H,24,27)(H,25,29)/t12-,13+. The number of amides is 1. The molecular formula is C18H20F3N7O. The number of rotatable bonds is 5. The van der Waals surface area contributed by atoms with Gasteiger partial charge in [-0.2, -0.15) is 18.3 Å². The van der Waals surface area contributed by atoms with Crippen molar-refractivity contribution in [2.45, 2.75) is 43.9 Å². The highest BCUT2D eigenvalue weighted by Crippen LogP contribution is 2.22. The number of fused-ring (bicyclic) bond motifs is 1.